The van der Waals surface area contributed by atoms with Gasteiger partial charge in [0.2, 0.25) is 0 Å². The standard InChI is InChI=1S/C17H18BrFN2/c18-17-14(6-3-7-16(17)19)11-21-10-13-5-2-1-4-12(13)8-15(21)9-20/h1-7,15H,8-11,20H2. The van der Waals surface area contributed by atoms with E-state index >= 15 is 0 Å². The fourth-order valence-corrected chi connectivity index (χ4v) is 3.34. The van der Waals surface area contributed by atoms with Crippen molar-refractivity contribution in [2.24, 2.45) is 5.73 Å². The third kappa shape index (κ3) is 3.03. The van der Waals surface area contributed by atoms with Crippen LogP contribution in [0.15, 0.2) is 46.9 Å². The van der Waals surface area contributed by atoms with Crippen LogP contribution in [0.2, 0.25) is 0 Å². The van der Waals surface area contributed by atoms with Crippen LogP contribution in [0.25, 0.3) is 0 Å². The molecule has 0 aromatic heterocycles. The minimum Gasteiger partial charge on any atom is -0.329 e. The first kappa shape index (κ1) is 14.7. The Balaban J connectivity index is 1.86. The third-order valence-corrected chi connectivity index (χ3v) is 5.03. The molecular weight excluding hydrogens is 331 g/mol. The van der Waals surface area contributed by atoms with Crippen LogP contribution in [0.3, 0.4) is 0 Å². The molecule has 0 saturated heterocycles. The van der Waals surface area contributed by atoms with Crippen molar-refractivity contribution in [3.05, 3.63) is 69.4 Å². The minimum absolute atomic E-state index is 0.214. The van der Waals surface area contributed by atoms with E-state index in [0.29, 0.717) is 23.6 Å². The fourth-order valence-electron chi connectivity index (χ4n) is 2.95. The number of halogens is 2. The molecule has 1 heterocycles. The molecule has 0 saturated carbocycles. The topological polar surface area (TPSA) is 29.3 Å². The van der Waals surface area contributed by atoms with Gasteiger partial charge in [0.1, 0.15) is 5.82 Å². The van der Waals surface area contributed by atoms with E-state index in [0.717, 1.165) is 18.5 Å². The van der Waals surface area contributed by atoms with Crippen LogP contribution in [0, 0.1) is 5.82 Å². The number of fused-ring (bicyclic) bond motifs is 1. The Bertz CT molecular complexity index is 644. The first-order valence-corrected chi connectivity index (χ1v) is 7.92. The zero-order valence-corrected chi connectivity index (χ0v) is 13.3. The molecular formula is C17H18BrFN2. The molecule has 2 nitrogen and oxygen atoms in total. The Hall–Kier alpha value is -1.23. The van der Waals surface area contributed by atoms with E-state index in [2.05, 4.69) is 45.1 Å². The van der Waals surface area contributed by atoms with E-state index in [1.54, 1.807) is 6.07 Å². The summed E-state index contributed by atoms with van der Waals surface area (Å²) < 4.78 is 14.2. The van der Waals surface area contributed by atoms with Crippen LogP contribution in [0.5, 0.6) is 0 Å². The highest BCUT2D eigenvalue weighted by Gasteiger charge is 2.25. The minimum atomic E-state index is -0.214. The van der Waals surface area contributed by atoms with Crippen molar-refractivity contribution in [1.82, 2.24) is 4.90 Å². The maximum atomic E-state index is 13.7. The summed E-state index contributed by atoms with van der Waals surface area (Å²) in [4.78, 5) is 2.34. The molecule has 3 rings (SSSR count). The van der Waals surface area contributed by atoms with Crippen LogP contribution < -0.4 is 5.73 Å². The highest BCUT2D eigenvalue weighted by molar-refractivity contribution is 9.10. The Morgan fingerprint density at radius 1 is 1.14 bits per heavy atom. The molecule has 110 valence electrons. The Morgan fingerprint density at radius 2 is 1.90 bits per heavy atom. The summed E-state index contributed by atoms with van der Waals surface area (Å²) >= 11 is 3.35. The molecule has 21 heavy (non-hydrogen) atoms. The van der Waals surface area contributed by atoms with Gasteiger partial charge in [-0.05, 0) is 45.1 Å². The average Bonchev–Trinajstić information content (AvgIpc) is 2.51. The third-order valence-electron chi connectivity index (χ3n) is 4.14. The van der Waals surface area contributed by atoms with Crippen molar-refractivity contribution in [3.63, 3.8) is 0 Å². The second-order valence-corrected chi connectivity index (χ2v) is 6.27. The molecule has 0 spiro atoms. The van der Waals surface area contributed by atoms with Crippen LogP contribution in [0.4, 0.5) is 4.39 Å². The predicted octanol–water partition coefficient (Wildman–Crippen LogP) is 3.47. The smallest absolute Gasteiger partial charge is 0.137 e. The molecule has 0 amide bonds. The van der Waals surface area contributed by atoms with Gasteiger partial charge in [0, 0.05) is 25.7 Å². The summed E-state index contributed by atoms with van der Waals surface area (Å²) in [6.07, 6.45) is 0.958. The molecule has 0 bridgehead atoms. The van der Waals surface area contributed by atoms with Crippen molar-refractivity contribution in [2.45, 2.75) is 25.6 Å². The average molecular weight is 349 g/mol. The van der Waals surface area contributed by atoms with Gasteiger partial charge in [-0.15, -0.1) is 0 Å². The summed E-state index contributed by atoms with van der Waals surface area (Å²) in [5.74, 6) is -0.214. The molecule has 4 heteroatoms. The van der Waals surface area contributed by atoms with E-state index in [1.807, 2.05) is 6.07 Å². The van der Waals surface area contributed by atoms with E-state index in [4.69, 9.17) is 5.73 Å². The summed E-state index contributed by atoms with van der Waals surface area (Å²) in [6.45, 7) is 2.18. The lowest BCUT2D eigenvalue weighted by molar-refractivity contribution is 0.166. The van der Waals surface area contributed by atoms with Gasteiger partial charge in [0.15, 0.2) is 0 Å². The number of hydrogen-bond acceptors (Lipinski definition) is 2. The molecule has 1 aliphatic rings. The number of rotatable bonds is 3. The first-order chi connectivity index (χ1) is 10.2. The molecule has 0 aliphatic carbocycles. The Morgan fingerprint density at radius 3 is 2.67 bits per heavy atom. The molecule has 2 aromatic carbocycles. The van der Waals surface area contributed by atoms with Gasteiger partial charge in [0.25, 0.3) is 0 Å². The lowest BCUT2D eigenvalue weighted by Gasteiger charge is -2.36. The van der Waals surface area contributed by atoms with Crippen molar-refractivity contribution >= 4 is 15.9 Å². The first-order valence-electron chi connectivity index (χ1n) is 7.13. The van der Waals surface area contributed by atoms with Gasteiger partial charge in [-0.3, -0.25) is 4.90 Å². The Labute approximate surface area is 132 Å². The quantitative estimate of drug-likeness (QED) is 0.919. The second kappa shape index (κ2) is 6.26. The lowest BCUT2D eigenvalue weighted by atomic mass is 9.93. The molecule has 2 N–H and O–H groups in total. The van der Waals surface area contributed by atoms with Crippen molar-refractivity contribution < 1.29 is 4.39 Å². The van der Waals surface area contributed by atoms with Crippen molar-refractivity contribution in [1.29, 1.82) is 0 Å². The molecule has 2 aromatic rings. The molecule has 1 atom stereocenters. The van der Waals surface area contributed by atoms with Gasteiger partial charge >= 0.3 is 0 Å². The molecule has 0 fully saturated rings. The summed E-state index contributed by atoms with van der Waals surface area (Å²) in [5, 5.41) is 0. The zero-order valence-electron chi connectivity index (χ0n) is 11.7. The van der Waals surface area contributed by atoms with E-state index in [-0.39, 0.29) is 5.82 Å². The van der Waals surface area contributed by atoms with E-state index < -0.39 is 0 Å². The number of hydrogen-bond donors (Lipinski definition) is 1. The highest BCUT2D eigenvalue weighted by Crippen LogP contribution is 2.27. The van der Waals surface area contributed by atoms with Gasteiger partial charge in [0.05, 0.1) is 4.47 Å². The molecule has 0 radical (unpaired) electrons. The largest absolute Gasteiger partial charge is 0.329 e. The van der Waals surface area contributed by atoms with Crippen LogP contribution >= 0.6 is 15.9 Å². The van der Waals surface area contributed by atoms with Gasteiger partial charge in [-0.1, -0.05) is 36.4 Å². The Kier molecular flexibility index (Phi) is 4.38. The number of nitrogens with zero attached hydrogens (tertiary/aromatic N) is 1. The summed E-state index contributed by atoms with van der Waals surface area (Å²) in [5.41, 5.74) is 9.63. The van der Waals surface area contributed by atoms with Crippen molar-refractivity contribution in [2.75, 3.05) is 6.54 Å². The van der Waals surface area contributed by atoms with Crippen LogP contribution in [0.1, 0.15) is 16.7 Å². The molecule has 1 aliphatic heterocycles. The highest BCUT2D eigenvalue weighted by atomic mass is 79.9. The maximum absolute atomic E-state index is 13.7. The zero-order chi connectivity index (χ0) is 14.8. The maximum Gasteiger partial charge on any atom is 0.137 e. The van der Waals surface area contributed by atoms with Crippen molar-refractivity contribution in [3.8, 4) is 0 Å². The SMILES string of the molecule is NCC1Cc2ccccc2CN1Cc1cccc(F)c1Br. The van der Waals surface area contributed by atoms with E-state index in [9.17, 15) is 4.39 Å². The van der Waals surface area contributed by atoms with Gasteiger partial charge < -0.3 is 5.73 Å². The van der Waals surface area contributed by atoms with Gasteiger partial charge in [-0.25, -0.2) is 4.39 Å². The normalized spacial score (nSPS) is 18.5. The number of benzene rings is 2. The second-order valence-electron chi connectivity index (χ2n) is 5.48. The van der Waals surface area contributed by atoms with E-state index in [1.165, 1.54) is 17.2 Å². The fraction of sp³-hybridized carbons (Fsp3) is 0.294. The summed E-state index contributed by atoms with van der Waals surface area (Å²) in [7, 11) is 0. The monoisotopic (exact) mass is 348 g/mol. The van der Waals surface area contributed by atoms with Gasteiger partial charge in [-0.2, -0.15) is 0 Å². The molecule has 1 unspecified atom stereocenters. The lowest BCUT2D eigenvalue weighted by Crippen LogP contribution is -2.44. The van der Waals surface area contributed by atoms with Crippen LogP contribution in [-0.2, 0) is 19.5 Å². The number of nitrogens with two attached hydrogens (primary N) is 1. The summed E-state index contributed by atoms with van der Waals surface area (Å²) in [6, 6.07) is 14.0. The predicted molar refractivity (Wildman–Crippen MR) is 86.3 cm³/mol. The van der Waals surface area contributed by atoms with Crippen LogP contribution in [-0.4, -0.2) is 17.5 Å².